The summed E-state index contributed by atoms with van der Waals surface area (Å²) in [7, 11) is 0. The number of nitrogens with one attached hydrogen (secondary N) is 3. The molecule has 0 spiro atoms. The Hall–Kier alpha value is -2.85. The van der Waals surface area contributed by atoms with Gasteiger partial charge >= 0.3 is 0 Å². The summed E-state index contributed by atoms with van der Waals surface area (Å²) >= 11 is 1.22. The molecule has 1 aliphatic rings. The second-order valence-corrected chi connectivity index (χ2v) is 9.73. The minimum atomic E-state index is -1.15. The number of pyridine rings is 1. The Bertz CT molecular complexity index is 1150. The molecule has 1 amide bonds. The number of thiophene rings is 1. The number of carbonyl (C=O) groups excluding carboxylic acids is 1. The van der Waals surface area contributed by atoms with E-state index in [1.807, 2.05) is 18.2 Å². The number of hydrogen-bond acceptors (Lipinski definition) is 7. The van der Waals surface area contributed by atoms with E-state index in [1.54, 1.807) is 32.0 Å². The lowest BCUT2D eigenvalue weighted by atomic mass is 9.96. The van der Waals surface area contributed by atoms with E-state index in [2.05, 4.69) is 20.9 Å². The number of benzene rings is 1. The first-order chi connectivity index (χ1) is 15.7. The van der Waals surface area contributed by atoms with Crippen LogP contribution in [-0.2, 0) is 12.1 Å². The fourth-order valence-electron chi connectivity index (χ4n) is 3.74. The lowest BCUT2D eigenvalue weighted by Crippen LogP contribution is -2.30. The summed E-state index contributed by atoms with van der Waals surface area (Å²) in [5.74, 6) is -0.515. The molecule has 4 rings (SSSR count). The lowest BCUT2D eigenvalue weighted by molar-refractivity contribution is 0.0782. The van der Waals surface area contributed by atoms with Crippen molar-refractivity contribution in [2.75, 3.05) is 18.4 Å². The molecule has 7 nitrogen and oxygen atoms in total. The molecule has 174 valence electrons. The van der Waals surface area contributed by atoms with Crippen LogP contribution in [0.3, 0.4) is 0 Å². The van der Waals surface area contributed by atoms with Crippen molar-refractivity contribution in [2.24, 2.45) is 5.73 Å². The zero-order valence-electron chi connectivity index (χ0n) is 18.6. The topological polar surface area (TPSA) is 112 Å². The molecule has 1 aliphatic heterocycles. The molecule has 33 heavy (non-hydrogen) atoms. The zero-order valence-corrected chi connectivity index (χ0v) is 19.4. The summed E-state index contributed by atoms with van der Waals surface area (Å²) in [4.78, 5) is 17.2. The standard InChI is InChI=1S/C24H28FN5O2S/c1-24(2,32)14-6-7-17(19(25)10-14)20-11-18(22(26)31)23(33-20)30-21-5-3-4-16(29-21)13-28-15-8-9-27-12-15/h3-7,10-11,15,27-28,32H,8-9,12-13H2,1-2H3,(H2,26,31)(H,29,30). The molecule has 9 heteroatoms. The van der Waals surface area contributed by atoms with Crippen LogP contribution in [0.4, 0.5) is 15.2 Å². The SMILES string of the molecule is CC(C)(O)c1ccc(-c2cc(C(N)=O)c(Nc3cccc(CNC4CCNC4)n3)s2)c(F)c1. The molecule has 0 bridgehead atoms. The Kier molecular flexibility index (Phi) is 6.76. The first kappa shape index (κ1) is 23.3. The van der Waals surface area contributed by atoms with E-state index in [0.29, 0.717) is 39.4 Å². The highest BCUT2D eigenvalue weighted by atomic mass is 32.1. The third-order valence-corrected chi connectivity index (χ3v) is 6.70. The van der Waals surface area contributed by atoms with Crippen molar-refractivity contribution in [3.63, 3.8) is 0 Å². The number of hydrogen-bond donors (Lipinski definition) is 5. The smallest absolute Gasteiger partial charge is 0.251 e. The van der Waals surface area contributed by atoms with E-state index >= 15 is 0 Å². The van der Waals surface area contributed by atoms with Gasteiger partial charge in [-0.1, -0.05) is 18.2 Å². The summed E-state index contributed by atoms with van der Waals surface area (Å²) in [6, 6.07) is 12.2. The number of nitrogens with two attached hydrogens (primary N) is 1. The van der Waals surface area contributed by atoms with Crippen molar-refractivity contribution in [3.05, 3.63) is 65.1 Å². The van der Waals surface area contributed by atoms with Crippen LogP contribution in [0, 0.1) is 5.82 Å². The quantitative estimate of drug-likeness (QED) is 0.345. The predicted molar refractivity (Wildman–Crippen MR) is 129 cm³/mol. The highest BCUT2D eigenvalue weighted by molar-refractivity contribution is 7.19. The predicted octanol–water partition coefficient (Wildman–Crippen LogP) is 3.47. The largest absolute Gasteiger partial charge is 0.386 e. The molecule has 0 aliphatic carbocycles. The highest BCUT2D eigenvalue weighted by Crippen LogP contribution is 2.38. The minimum Gasteiger partial charge on any atom is -0.386 e. The molecular weight excluding hydrogens is 441 g/mol. The van der Waals surface area contributed by atoms with Gasteiger partial charge in [0.25, 0.3) is 5.91 Å². The van der Waals surface area contributed by atoms with Gasteiger partial charge in [0, 0.05) is 29.6 Å². The van der Waals surface area contributed by atoms with Crippen LogP contribution in [0.15, 0.2) is 42.5 Å². The van der Waals surface area contributed by atoms with Gasteiger partial charge in [-0.3, -0.25) is 4.79 Å². The van der Waals surface area contributed by atoms with Gasteiger partial charge in [-0.2, -0.15) is 0 Å². The van der Waals surface area contributed by atoms with E-state index in [0.717, 1.165) is 25.2 Å². The molecule has 1 aromatic carbocycles. The van der Waals surface area contributed by atoms with Crippen molar-refractivity contribution in [1.29, 1.82) is 0 Å². The Labute approximate surface area is 196 Å². The number of rotatable bonds is 8. The number of carbonyl (C=O) groups is 1. The van der Waals surface area contributed by atoms with E-state index in [4.69, 9.17) is 5.73 Å². The van der Waals surface area contributed by atoms with Crippen LogP contribution in [0.1, 0.15) is 41.9 Å². The Balaban J connectivity index is 1.56. The molecule has 0 radical (unpaired) electrons. The van der Waals surface area contributed by atoms with Crippen LogP contribution in [-0.4, -0.2) is 35.1 Å². The molecule has 0 saturated carbocycles. The summed E-state index contributed by atoms with van der Waals surface area (Å²) in [5, 5.41) is 20.6. The van der Waals surface area contributed by atoms with Crippen LogP contribution in [0.5, 0.6) is 0 Å². The van der Waals surface area contributed by atoms with E-state index in [9.17, 15) is 14.3 Å². The summed E-state index contributed by atoms with van der Waals surface area (Å²) in [5.41, 5.74) is 6.38. The zero-order chi connectivity index (χ0) is 23.6. The fourth-order valence-corrected chi connectivity index (χ4v) is 4.83. The summed E-state index contributed by atoms with van der Waals surface area (Å²) in [6.07, 6.45) is 1.09. The molecule has 3 heterocycles. The number of amides is 1. The molecule has 1 fully saturated rings. The maximum absolute atomic E-state index is 14.8. The van der Waals surface area contributed by atoms with Gasteiger partial charge < -0.3 is 26.8 Å². The van der Waals surface area contributed by atoms with Gasteiger partial charge in [0.05, 0.1) is 16.9 Å². The number of nitrogens with zero attached hydrogens (tertiary/aromatic N) is 1. The van der Waals surface area contributed by atoms with Crippen molar-refractivity contribution in [3.8, 4) is 10.4 Å². The van der Waals surface area contributed by atoms with E-state index in [1.165, 1.54) is 17.4 Å². The normalized spacial score (nSPS) is 16.2. The number of anilines is 2. The maximum Gasteiger partial charge on any atom is 0.251 e. The van der Waals surface area contributed by atoms with Gasteiger partial charge in [0.2, 0.25) is 0 Å². The summed E-state index contributed by atoms with van der Waals surface area (Å²) in [6.45, 7) is 5.80. The second kappa shape index (κ2) is 9.56. The molecule has 3 aromatic rings. The lowest BCUT2D eigenvalue weighted by Gasteiger charge is -2.18. The Morgan fingerprint density at radius 2 is 2.15 bits per heavy atom. The van der Waals surface area contributed by atoms with E-state index < -0.39 is 17.3 Å². The average molecular weight is 470 g/mol. The minimum absolute atomic E-state index is 0.267. The van der Waals surface area contributed by atoms with Gasteiger partial charge in [-0.15, -0.1) is 11.3 Å². The fraction of sp³-hybridized carbons (Fsp3) is 0.333. The molecule has 1 atom stereocenters. The summed E-state index contributed by atoms with van der Waals surface area (Å²) < 4.78 is 14.8. The second-order valence-electron chi connectivity index (χ2n) is 8.68. The average Bonchev–Trinajstić information content (AvgIpc) is 3.42. The molecule has 2 aromatic heterocycles. The van der Waals surface area contributed by atoms with Crippen molar-refractivity contribution in [2.45, 2.75) is 38.5 Å². The number of halogens is 1. The van der Waals surface area contributed by atoms with E-state index in [-0.39, 0.29) is 5.56 Å². The molecule has 6 N–H and O–H groups in total. The first-order valence-corrected chi connectivity index (χ1v) is 11.7. The van der Waals surface area contributed by atoms with Crippen molar-refractivity contribution in [1.82, 2.24) is 15.6 Å². The third kappa shape index (κ3) is 5.56. The third-order valence-electron chi connectivity index (χ3n) is 5.62. The number of aromatic nitrogens is 1. The van der Waals surface area contributed by atoms with Crippen molar-refractivity contribution >= 4 is 28.1 Å². The molecular formula is C24H28FN5O2S. The van der Waals surface area contributed by atoms with Gasteiger partial charge in [0.1, 0.15) is 16.6 Å². The molecule has 1 unspecified atom stereocenters. The van der Waals surface area contributed by atoms with Crippen molar-refractivity contribution < 1.29 is 14.3 Å². The Morgan fingerprint density at radius 3 is 2.82 bits per heavy atom. The number of primary amides is 1. The van der Waals surface area contributed by atoms with Gasteiger partial charge in [-0.25, -0.2) is 9.37 Å². The maximum atomic E-state index is 14.8. The highest BCUT2D eigenvalue weighted by Gasteiger charge is 2.21. The Morgan fingerprint density at radius 1 is 1.33 bits per heavy atom. The van der Waals surface area contributed by atoms with Crippen LogP contribution >= 0.6 is 11.3 Å². The van der Waals surface area contributed by atoms with Crippen LogP contribution < -0.4 is 21.7 Å². The molecule has 1 saturated heterocycles. The van der Waals surface area contributed by atoms with Gasteiger partial charge in [0.15, 0.2) is 0 Å². The van der Waals surface area contributed by atoms with Crippen LogP contribution in [0.25, 0.3) is 10.4 Å². The monoisotopic (exact) mass is 469 g/mol. The van der Waals surface area contributed by atoms with Crippen LogP contribution in [0.2, 0.25) is 0 Å². The first-order valence-electron chi connectivity index (χ1n) is 10.8. The number of aliphatic hydroxyl groups is 1. The van der Waals surface area contributed by atoms with Gasteiger partial charge in [-0.05, 0) is 56.6 Å².